The van der Waals surface area contributed by atoms with E-state index >= 15 is 0 Å². The van der Waals surface area contributed by atoms with Gasteiger partial charge in [-0.15, -0.1) is 0 Å². The van der Waals surface area contributed by atoms with E-state index in [1.54, 1.807) is 32.4 Å². The predicted octanol–water partition coefficient (Wildman–Crippen LogP) is 7.89. The Hall–Kier alpha value is -5.50. The number of nitrogens with zero attached hydrogens (tertiary/aromatic N) is 1. The van der Waals surface area contributed by atoms with E-state index in [9.17, 15) is 4.79 Å². The zero-order chi connectivity index (χ0) is 28.2. The second kappa shape index (κ2) is 11.3. The average Bonchev–Trinajstić information content (AvgIpc) is 3.55. The Labute approximate surface area is 236 Å². The van der Waals surface area contributed by atoms with Gasteiger partial charge >= 0.3 is 6.09 Å². The number of amides is 1. The largest absolute Gasteiger partial charge is 0.497 e. The summed E-state index contributed by atoms with van der Waals surface area (Å²) in [7, 11) is 3.11. The van der Waals surface area contributed by atoms with E-state index in [0.717, 1.165) is 50.0 Å². The van der Waals surface area contributed by atoms with Gasteiger partial charge in [0.2, 0.25) is 0 Å². The van der Waals surface area contributed by atoms with Crippen molar-refractivity contribution in [3.8, 4) is 22.8 Å². The van der Waals surface area contributed by atoms with Crippen molar-refractivity contribution in [2.24, 2.45) is 0 Å². The summed E-state index contributed by atoms with van der Waals surface area (Å²) in [6.07, 6.45) is 1.29. The van der Waals surface area contributed by atoms with Gasteiger partial charge in [0.25, 0.3) is 0 Å². The van der Waals surface area contributed by atoms with E-state index < -0.39 is 6.09 Å². The van der Waals surface area contributed by atoms with Crippen molar-refractivity contribution in [3.05, 3.63) is 109 Å². The highest BCUT2D eigenvalue weighted by Gasteiger charge is 2.13. The molecule has 0 saturated carbocycles. The van der Waals surface area contributed by atoms with Crippen LogP contribution in [-0.2, 0) is 11.3 Å². The molecule has 0 unspecified atom stereocenters. The van der Waals surface area contributed by atoms with Crippen molar-refractivity contribution < 1.29 is 19.0 Å². The molecule has 6 aromatic rings. The number of anilines is 3. The summed E-state index contributed by atoms with van der Waals surface area (Å²) in [4.78, 5) is 20.8. The van der Waals surface area contributed by atoms with Crippen molar-refractivity contribution >= 4 is 45.0 Å². The van der Waals surface area contributed by atoms with Crippen LogP contribution in [0.1, 0.15) is 5.56 Å². The molecule has 0 aliphatic carbocycles. The molecule has 1 amide bonds. The fourth-order valence-electron chi connectivity index (χ4n) is 4.81. The number of aromatic amines is 1. The maximum absolute atomic E-state index is 12.7. The van der Waals surface area contributed by atoms with Crippen LogP contribution in [0.2, 0.25) is 0 Å². The van der Waals surface area contributed by atoms with Gasteiger partial charge < -0.3 is 24.5 Å². The number of carbonyl (C=O) groups is 1. The summed E-state index contributed by atoms with van der Waals surface area (Å²) in [6.45, 7) is 0.0635. The number of benzene rings is 4. The summed E-state index contributed by atoms with van der Waals surface area (Å²) >= 11 is 0. The number of methoxy groups -OCH3 is 2. The van der Waals surface area contributed by atoms with Gasteiger partial charge in [-0.25, -0.2) is 9.78 Å². The minimum absolute atomic E-state index is 0.0635. The minimum atomic E-state index is -0.591. The van der Waals surface area contributed by atoms with Gasteiger partial charge in [0, 0.05) is 52.1 Å². The molecule has 3 N–H and O–H groups in total. The molecule has 8 heteroatoms. The lowest BCUT2D eigenvalue weighted by atomic mass is 10.0. The second-order valence-electron chi connectivity index (χ2n) is 9.45. The van der Waals surface area contributed by atoms with Gasteiger partial charge in [-0.2, -0.15) is 0 Å². The Bertz CT molecular complexity index is 1770. The molecule has 41 heavy (non-hydrogen) atoms. The summed E-state index contributed by atoms with van der Waals surface area (Å²) in [5.41, 5.74) is 6.87. The minimum Gasteiger partial charge on any atom is -0.497 e. The Morgan fingerprint density at radius 2 is 1.46 bits per heavy atom. The molecule has 4 aromatic carbocycles. The first-order chi connectivity index (χ1) is 20.1. The Balaban J connectivity index is 1.30. The lowest BCUT2D eigenvalue weighted by Gasteiger charge is -2.16. The third kappa shape index (κ3) is 5.62. The monoisotopic (exact) mass is 544 g/mol. The molecular formula is C33H28N4O4. The number of H-pyrrole nitrogens is 1. The van der Waals surface area contributed by atoms with Crippen LogP contribution in [0.25, 0.3) is 33.1 Å². The third-order valence-electron chi connectivity index (χ3n) is 6.73. The zero-order valence-corrected chi connectivity index (χ0v) is 22.6. The number of pyridine rings is 1. The van der Waals surface area contributed by atoms with Crippen molar-refractivity contribution in [3.63, 3.8) is 0 Å². The average molecular weight is 545 g/mol. The maximum atomic E-state index is 12.7. The quantitative estimate of drug-likeness (QED) is 0.169. The molecule has 0 atom stereocenters. The van der Waals surface area contributed by atoms with Gasteiger partial charge in [-0.1, -0.05) is 36.4 Å². The first-order valence-corrected chi connectivity index (χ1v) is 13.1. The van der Waals surface area contributed by atoms with Crippen LogP contribution < -0.4 is 20.1 Å². The molecule has 8 nitrogen and oxygen atoms in total. The van der Waals surface area contributed by atoms with Crippen LogP contribution >= 0.6 is 0 Å². The van der Waals surface area contributed by atoms with Crippen LogP contribution in [0, 0.1) is 0 Å². The molecule has 0 aliphatic rings. The van der Waals surface area contributed by atoms with E-state index in [1.165, 1.54) is 0 Å². The third-order valence-corrected chi connectivity index (χ3v) is 6.73. The van der Waals surface area contributed by atoms with E-state index in [4.69, 9.17) is 19.2 Å². The first kappa shape index (κ1) is 25.8. The molecule has 6 rings (SSSR count). The number of nitrogens with one attached hydrogen (secondary N) is 3. The molecule has 2 heterocycles. The zero-order valence-electron chi connectivity index (χ0n) is 22.6. The molecule has 0 fully saturated rings. The Morgan fingerprint density at radius 3 is 2.10 bits per heavy atom. The number of carbonyl (C=O) groups excluding carboxylic acids is 1. The Kier molecular flexibility index (Phi) is 7.11. The van der Waals surface area contributed by atoms with Gasteiger partial charge in [0.15, 0.2) is 0 Å². The normalized spacial score (nSPS) is 10.9. The van der Waals surface area contributed by atoms with Gasteiger partial charge in [0.1, 0.15) is 18.1 Å². The number of para-hydroxylation sites is 2. The van der Waals surface area contributed by atoms with Crippen LogP contribution in [0.15, 0.2) is 103 Å². The van der Waals surface area contributed by atoms with Gasteiger partial charge in [-0.3, -0.25) is 5.32 Å². The summed E-state index contributed by atoms with van der Waals surface area (Å²) < 4.78 is 16.2. The second-order valence-corrected chi connectivity index (χ2v) is 9.45. The lowest BCUT2D eigenvalue weighted by Crippen LogP contribution is -2.13. The highest BCUT2D eigenvalue weighted by Crippen LogP contribution is 2.35. The molecular weight excluding hydrogens is 516 g/mol. The predicted molar refractivity (Wildman–Crippen MR) is 162 cm³/mol. The van der Waals surface area contributed by atoms with E-state index in [2.05, 4.69) is 33.8 Å². The SMILES string of the molecule is COc1cc(NC(=O)OCc2cc(Nc3c4ccccc4nc4ccccc34)cc(-c3ccc[nH]3)c2)cc(OC)c1. The van der Waals surface area contributed by atoms with E-state index in [1.807, 2.05) is 66.9 Å². The first-order valence-electron chi connectivity index (χ1n) is 13.1. The number of hydrogen-bond donors (Lipinski definition) is 3. The summed E-state index contributed by atoms with van der Waals surface area (Å²) in [5, 5.41) is 8.43. The number of ether oxygens (including phenoxy) is 3. The highest BCUT2D eigenvalue weighted by atomic mass is 16.5. The standard InChI is InChI=1S/C33H28N4O4/c1-39-25-17-24(18-26(19-25)40-2)36-33(38)41-20-21-14-22(29-12-7-13-34-29)16-23(15-21)35-32-27-8-3-5-10-30(27)37-31-11-6-4-9-28(31)32/h3-19,34H,20H2,1-2H3,(H,35,37)(H,36,38). The fraction of sp³-hybridized carbons (Fsp3) is 0.0909. The summed E-state index contributed by atoms with van der Waals surface area (Å²) in [6, 6.07) is 31.3. The summed E-state index contributed by atoms with van der Waals surface area (Å²) in [5.74, 6) is 1.12. The van der Waals surface area contributed by atoms with E-state index in [-0.39, 0.29) is 6.61 Å². The molecule has 0 bridgehead atoms. The van der Waals surface area contributed by atoms with Crippen molar-refractivity contribution in [1.82, 2.24) is 9.97 Å². The number of rotatable bonds is 8. The molecule has 0 saturated heterocycles. The van der Waals surface area contributed by atoms with Crippen LogP contribution in [0.5, 0.6) is 11.5 Å². The molecule has 0 radical (unpaired) electrons. The topological polar surface area (TPSA) is 97.5 Å². The fourth-order valence-corrected chi connectivity index (χ4v) is 4.81. The number of aromatic nitrogens is 2. The van der Waals surface area contributed by atoms with Crippen molar-refractivity contribution in [2.45, 2.75) is 6.61 Å². The Morgan fingerprint density at radius 1 is 0.780 bits per heavy atom. The molecule has 0 aliphatic heterocycles. The smallest absolute Gasteiger partial charge is 0.411 e. The maximum Gasteiger partial charge on any atom is 0.411 e. The highest BCUT2D eigenvalue weighted by molar-refractivity contribution is 6.08. The number of hydrogen-bond acceptors (Lipinski definition) is 6. The van der Waals surface area contributed by atoms with Crippen LogP contribution in [0.3, 0.4) is 0 Å². The molecule has 204 valence electrons. The van der Waals surface area contributed by atoms with Crippen LogP contribution in [0.4, 0.5) is 21.9 Å². The molecule has 2 aromatic heterocycles. The van der Waals surface area contributed by atoms with E-state index in [0.29, 0.717) is 17.2 Å². The van der Waals surface area contributed by atoms with Crippen LogP contribution in [-0.4, -0.2) is 30.3 Å². The molecule has 0 spiro atoms. The van der Waals surface area contributed by atoms with Gasteiger partial charge in [0.05, 0.1) is 36.6 Å². The van der Waals surface area contributed by atoms with Crippen molar-refractivity contribution in [1.29, 1.82) is 0 Å². The van der Waals surface area contributed by atoms with Gasteiger partial charge in [-0.05, 0) is 48.0 Å². The number of fused-ring (bicyclic) bond motifs is 2. The van der Waals surface area contributed by atoms with Crippen molar-refractivity contribution in [2.75, 3.05) is 24.9 Å². The lowest BCUT2D eigenvalue weighted by molar-refractivity contribution is 0.155.